The third kappa shape index (κ3) is 1.22. The number of hydrogen-bond donors (Lipinski definition) is 2. The summed E-state index contributed by atoms with van der Waals surface area (Å²) in [6.45, 7) is 0. The Morgan fingerprint density at radius 2 is 2.09 bits per heavy atom. The summed E-state index contributed by atoms with van der Waals surface area (Å²) in [4.78, 5) is 5.76. The first kappa shape index (κ1) is 7.74. The molecule has 0 aromatic carbocycles. The lowest BCUT2D eigenvalue weighted by Crippen LogP contribution is -3.00. The number of aromatic amines is 2. The molecule has 0 aliphatic heterocycles. The summed E-state index contributed by atoms with van der Waals surface area (Å²) in [5, 5.41) is 7.34. The quantitative estimate of drug-likeness (QED) is 0.429. The molecule has 0 unspecified atom stereocenters. The van der Waals surface area contributed by atoms with E-state index in [2.05, 4.69) is 20.2 Å². The molecule has 0 spiro atoms. The Labute approximate surface area is 68.4 Å². The molecule has 0 amide bonds. The normalized spacial score (nSPS) is 9.45. The number of nitrogens with two attached hydrogens (primary N) is 1. The molecule has 0 atom stereocenters. The molecule has 58 valence electrons. The first-order valence-corrected chi connectivity index (χ1v) is 2.83. The molecule has 2 heterocycles. The minimum atomic E-state index is 0. The number of H-pyrrole nitrogens is 2. The molecule has 2 rings (SSSR count). The van der Waals surface area contributed by atoms with Crippen molar-refractivity contribution >= 4 is 17.0 Å². The number of rotatable bonds is 0. The van der Waals surface area contributed by atoms with Crippen LogP contribution in [0.1, 0.15) is 0 Å². The van der Waals surface area contributed by atoms with E-state index in [-0.39, 0.29) is 12.4 Å². The van der Waals surface area contributed by atoms with E-state index in [0.29, 0.717) is 5.95 Å². The Hall–Kier alpha value is -1.36. The maximum Gasteiger partial charge on any atom is 0.351 e. The SMILES string of the molecule is Nc1[nH]c2cnncc2[nH+]1.[Cl-]. The van der Waals surface area contributed by atoms with Crippen molar-refractivity contribution in [3.63, 3.8) is 0 Å². The maximum atomic E-state index is 5.42. The summed E-state index contributed by atoms with van der Waals surface area (Å²) in [6.07, 6.45) is 3.23. The van der Waals surface area contributed by atoms with Crippen LogP contribution in [0.4, 0.5) is 5.95 Å². The van der Waals surface area contributed by atoms with Gasteiger partial charge < -0.3 is 12.4 Å². The summed E-state index contributed by atoms with van der Waals surface area (Å²) in [5.41, 5.74) is 7.16. The van der Waals surface area contributed by atoms with Crippen LogP contribution in [0.15, 0.2) is 12.4 Å². The largest absolute Gasteiger partial charge is 1.00 e. The molecular weight excluding hydrogens is 166 g/mol. The second-order valence-corrected chi connectivity index (χ2v) is 1.98. The van der Waals surface area contributed by atoms with Crippen molar-refractivity contribution in [3.05, 3.63) is 12.4 Å². The average Bonchev–Trinajstić information content (AvgIpc) is 2.27. The number of hydrogen-bond acceptors (Lipinski definition) is 3. The molecule has 6 heteroatoms. The first-order chi connectivity index (χ1) is 4.86. The van der Waals surface area contributed by atoms with Crippen molar-refractivity contribution < 1.29 is 17.4 Å². The number of nitrogens with zero attached hydrogens (tertiary/aromatic N) is 2. The number of halogens is 1. The maximum absolute atomic E-state index is 5.42. The molecule has 0 radical (unpaired) electrons. The lowest BCUT2D eigenvalue weighted by Gasteiger charge is -1.76. The number of nitrogens with one attached hydrogen (secondary N) is 2. The van der Waals surface area contributed by atoms with E-state index < -0.39 is 0 Å². The lowest BCUT2D eigenvalue weighted by molar-refractivity contribution is -0.326. The Kier molecular flexibility index (Phi) is 1.91. The highest BCUT2D eigenvalue weighted by atomic mass is 35.5. The summed E-state index contributed by atoms with van der Waals surface area (Å²) < 4.78 is 0. The van der Waals surface area contributed by atoms with E-state index in [1.807, 2.05) is 0 Å². The standard InChI is InChI=1S/C5H5N5.ClH/c6-5-9-3-1-7-8-2-4(3)10-5;/h1-2H,(H3,6,9,10);1H. The highest BCUT2D eigenvalue weighted by molar-refractivity contribution is 5.69. The second kappa shape index (κ2) is 2.71. The highest BCUT2D eigenvalue weighted by Gasteiger charge is 2.02. The van der Waals surface area contributed by atoms with Gasteiger partial charge in [0, 0.05) is 0 Å². The molecule has 0 bridgehead atoms. The number of anilines is 1. The van der Waals surface area contributed by atoms with Gasteiger partial charge in [0.1, 0.15) is 0 Å². The fourth-order valence-electron chi connectivity index (χ4n) is 0.842. The van der Waals surface area contributed by atoms with Crippen LogP contribution in [0.25, 0.3) is 11.0 Å². The molecule has 2 aromatic rings. The summed E-state index contributed by atoms with van der Waals surface area (Å²) >= 11 is 0. The molecule has 2 aromatic heterocycles. The summed E-state index contributed by atoms with van der Waals surface area (Å²) in [7, 11) is 0. The van der Waals surface area contributed by atoms with Gasteiger partial charge in [0.25, 0.3) is 0 Å². The van der Waals surface area contributed by atoms with Gasteiger partial charge in [0.15, 0.2) is 11.0 Å². The van der Waals surface area contributed by atoms with Gasteiger partial charge in [-0.3, -0.25) is 5.73 Å². The number of fused-ring (bicyclic) bond motifs is 1. The first-order valence-electron chi connectivity index (χ1n) is 2.83. The number of imidazole rings is 1. The molecule has 0 fully saturated rings. The van der Waals surface area contributed by atoms with Gasteiger partial charge in [-0.15, -0.1) is 0 Å². The predicted molar refractivity (Wildman–Crippen MR) is 34.9 cm³/mol. The molecule has 0 aliphatic rings. The van der Waals surface area contributed by atoms with Gasteiger partial charge in [-0.05, 0) is 0 Å². The van der Waals surface area contributed by atoms with Gasteiger partial charge >= 0.3 is 5.95 Å². The Bertz CT molecular complexity index is 323. The highest BCUT2D eigenvalue weighted by Crippen LogP contribution is 2.01. The molecule has 0 saturated carbocycles. The monoisotopic (exact) mass is 171 g/mol. The van der Waals surface area contributed by atoms with E-state index in [0.717, 1.165) is 11.0 Å². The number of aromatic nitrogens is 4. The van der Waals surface area contributed by atoms with Crippen LogP contribution in [0.2, 0.25) is 0 Å². The van der Waals surface area contributed by atoms with Crippen LogP contribution in [0, 0.1) is 0 Å². The number of nitrogen functional groups attached to an aromatic ring is 1. The predicted octanol–water partition coefficient (Wildman–Crippen LogP) is -3.64. The minimum absolute atomic E-state index is 0. The van der Waals surface area contributed by atoms with Gasteiger partial charge in [-0.1, -0.05) is 0 Å². The van der Waals surface area contributed by atoms with Crippen molar-refractivity contribution in [2.24, 2.45) is 0 Å². The Balaban J connectivity index is 0.000000605. The van der Waals surface area contributed by atoms with E-state index in [1.165, 1.54) is 0 Å². The van der Waals surface area contributed by atoms with E-state index in [9.17, 15) is 0 Å². The van der Waals surface area contributed by atoms with Gasteiger partial charge in [0.05, 0.1) is 12.4 Å². The fourth-order valence-corrected chi connectivity index (χ4v) is 0.842. The van der Waals surface area contributed by atoms with E-state index in [1.54, 1.807) is 12.4 Å². The summed E-state index contributed by atoms with van der Waals surface area (Å²) in [6, 6.07) is 0. The van der Waals surface area contributed by atoms with Crippen molar-refractivity contribution in [2.45, 2.75) is 0 Å². The van der Waals surface area contributed by atoms with Crippen LogP contribution >= 0.6 is 0 Å². The van der Waals surface area contributed by atoms with Crippen LogP contribution in [0.3, 0.4) is 0 Å². The fraction of sp³-hybridized carbons (Fsp3) is 0. The van der Waals surface area contributed by atoms with Gasteiger partial charge in [0.2, 0.25) is 0 Å². The minimum Gasteiger partial charge on any atom is -1.00 e. The molecule has 5 nitrogen and oxygen atoms in total. The zero-order valence-electron chi connectivity index (χ0n) is 5.50. The molecule has 4 N–H and O–H groups in total. The van der Waals surface area contributed by atoms with Crippen molar-refractivity contribution in [1.82, 2.24) is 15.2 Å². The van der Waals surface area contributed by atoms with Gasteiger partial charge in [-0.25, -0.2) is 9.97 Å². The van der Waals surface area contributed by atoms with E-state index >= 15 is 0 Å². The van der Waals surface area contributed by atoms with Gasteiger partial charge in [-0.2, -0.15) is 10.2 Å². The van der Waals surface area contributed by atoms with Crippen LogP contribution in [-0.4, -0.2) is 15.2 Å². The molecular formula is C5H6ClN5. The topological polar surface area (TPSA) is 81.7 Å². The average molecular weight is 172 g/mol. The second-order valence-electron chi connectivity index (χ2n) is 1.98. The third-order valence-electron chi connectivity index (χ3n) is 1.27. The third-order valence-corrected chi connectivity index (χ3v) is 1.27. The Morgan fingerprint density at radius 1 is 1.36 bits per heavy atom. The van der Waals surface area contributed by atoms with E-state index in [4.69, 9.17) is 5.73 Å². The van der Waals surface area contributed by atoms with Crippen LogP contribution in [0.5, 0.6) is 0 Å². The molecule has 0 aliphatic carbocycles. The van der Waals surface area contributed by atoms with Crippen molar-refractivity contribution in [1.29, 1.82) is 0 Å². The summed E-state index contributed by atoms with van der Waals surface area (Å²) in [5.74, 6) is 0.518. The zero-order chi connectivity index (χ0) is 6.97. The van der Waals surface area contributed by atoms with Crippen molar-refractivity contribution in [2.75, 3.05) is 5.73 Å². The molecule has 0 saturated heterocycles. The zero-order valence-corrected chi connectivity index (χ0v) is 6.26. The smallest absolute Gasteiger partial charge is 0.351 e. The van der Waals surface area contributed by atoms with Crippen molar-refractivity contribution in [3.8, 4) is 0 Å². The lowest BCUT2D eigenvalue weighted by atomic mass is 10.5. The molecule has 11 heavy (non-hydrogen) atoms. The van der Waals surface area contributed by atoms with Crippen LogP contribution < -0.4 is 23.1 Å². The Morgan fingerprint density at radius 3 is 2.82 bits per heavy atom. The van der Waals surface area contributed by atoms with Crippen LogP contribution in [-0.2, 0) is 0 Å².